The maximum atomic E-state index is 4.62. The third kappa shape index (κ3) is 8.11. The van der Waals surface area contributed by atoms with Crippen molar-refractivity contribution in [1.29, 1.82) is 0 Å². The molecule has 1 aliphatic carbocycles. The minimum atomic E-state index is 0.0201. The van der Waals surface area contributed by atoms with E-state index in [2.05, 4.69) is 139 Å². The fourth-order valence-corrected chi connectivity index (χ4v) is 8.59. The van der Waals surface area contributed by atoms with Crippen molar-refractivity contribution in [3.63, 3.8) is 0 Å². The predicted molar refractivity (Wildman–Crippen MR) is 223 cm³/mol. The molecule has 5 nitrogen and oxygen atoms in total. The van der Waals surface area contributed by atoms with Gasteiger partial charge >= 0.3 is 0 Å². The third-order valence-electron chi connectivity index (χ3n) is 12.1. The molecule has 1 N–H and O–H groups in total. The number of nitrogens with zero attached hydrogens (tertiary/aromatic N) is 4. The van der Waals surface area contributed by atoms with E-state index in [4.69, 9.17) is 0 Å². The Morgan fingerprint density at radius 1 is 0.792 bits per heavy atom. The number of hydrogen-bond acceptors (Lipinski definition) is 4. The largest absolute Gasteiger partial charge is 0.372 e. The van der Waals surface area contributed by atoms with E-state index in [1.165, 1.54) is 66.7 Å². The zero-order valence-corrected chi connectivity index (χ0v) is 32.6. The first-order valence-electron chi connectivity index (χ1n) is 19.6. The molecule has 0 spiro atoms. The van der Waals surface area contributed by atoms with Crippen LogP contribution in [0.4, 0.5) is 0 Å². The molecular formula is C48H57N5. The first-order valence-corrected chi connectivity index (χ1v) is 19.6. The fourth-order valence-electron chi connectivity index (χ4n) is 8.59. The molecular weight excluding hydrogens is 647 g/mol. The van der Waals surface area contributed by atoms with Crippen LogP contribution in [0.2, 0.25) is 0 Å². The van der Waals surface area contributed by atoms with Crippen molar-refractivity contribution in [2.24, 2.45) is 10.8 Å². The van der Waals surface area contributed by atoms with Crippen LogP contribution in [-0.2, 0) is 25.8 Å². The van der Waals surface area contributed by atoms with Crippen molar-refractivity contribution in [3.8, 4) is 11.1 Å². The van der Waals surface area contributed by atoms with Crippen molar-refractivity contribution in [2.45, 2.75) is 79.7 Å². The number of pyridine rings is 2. The lowest BCUT2D eigenvalue weighted by atomic mass is 9.70. The van der Waals surface area contributed by atoms with Gasteiger partial charge in [-0.2, -0.15) is 0 Å². The van der Waals surface area contributed by atoms with Gasteiger partial charge in [-0.05, 0) is 102 Å². The molecule has 1 aliphatic heterocycles. The van der Waals surface area contributed by atoms with E-state index in [1.807, 2.05) is 24.8 Å². The molecule has 0 saturated carbocycles. The maximum absolute atomic E-state index is 4.62. The molecule has 53 heavy (non-hydrogen) atoms. The third-order valence-corrected chi connectivity index (χ3v) is 12.1. The first-order chi connectivity index (χ1) is 25.5. The molecule has 0 radical (unpaired) electrons. The number of benzene rings is 2. The molecule has 2 aromatic carbocycles. The molecule has 5 heteroatoms. The van der Waals surface area contributed by atoms with Crippen LogP contribution < -0.4 is 0 Å². The lowest BCUT2D eigenvalue weighted by molar-refractivity contribution is 0.120. The summed E-state index contributed by atoms with van der Waals surface area (Å²) in [5, 5.41) is 1.18. The standard InChI is InChI=1S/C48H57N5/c1-34(2)47(4,5)33-48(6,7)35(3)53-26-24-52(25-27-53)32-37-16-19-42(44-31-51-46-21-23-50-30-45(44)46)40(28-37)12-8-10-36-14-17-39(18-15-36)41-13-9-11-38-20-22-49-29-43(38)41/h13-23,28-31,51H,1,3,8-12,24-27,32-33H2,2,4-7H3. The SMILES string of the molecule is C=C(C)C(C)(C)CC(C)(C)C(=C)N1CCN(Cc2ccc(-c3c[nH]c4ccncc34)c(CCCc3ccc(C4=CCCc5ccncc54)cc3)c2)CC1. The Labute approximate surface area is 317 Å². The van der Waals surface area contributed by atoms with Crippen molar-refractivity contribution in [1.82, 2.24) is 24.8 Å². The molecule has 2 aliphatic rings. The number of nitrogens with one attached hydrogen (secondary N) is 1. The molecule has 4 heterocycles. The van der Waals surface area contributed by atoms with Crippen LogP contribution in [0.25, 0.3) is 27.6 Å². The molecule has 0 atom stereocenters. The van der Waals surface area contributed by atoms with E-state index < -0.39 is 0 Å². The van der Waals surface area contributed by atoms with Gasteiger partial charge in [0, 0.05) is 96.8 Å². The molecule has 0 bridgehead atoms. The Bertz CT molecular complexity index is 2120. The van der Waals surface area contributed by atoms with E-state index in [0.29, 0.717) is 0 Å². The number of hydrogen-bond donors (Lipinski definition) is 1. The number of rotatable bonds is 13. The predicted octanol–water partition coefficient (Wildman–Crippen LogP) is 10.8. The Morgan fingerprint density at radius 2 is 1.53 bits per heavy atom. The van der Waals surface area contributed by atoms with E-state index in [1.54, 1.807) is 0 Å². The lowest BCUT2D eigenvalue weighted by Gasteiger charge is -2.44. The molecule has 3 aromatic heterocycles. The van der Waals surface area contributed by atoms with Gasteiger partial charge in [0.25, 0.3) is 0 Å². The van der Waals surface area contributed by atoms with Gasteiger partial charge < -0.3 is 9.88 Å². The fraction of sp³-hybridized carbons (Fsp3) is 0.375. The van der Waals surface area contributed by atoms with Crippen molar-refractivity contribution < 1.29 is 0 Å². The number of allylic oxidation sites excluding steroid dienone is 3. The zero-order chi connectivity index (χ0) is 37.2. The summed E-state index contributed by atoms with van der Waals surface area (Å²) in [6.45, 7) is 25.4. The second-order valence-electron chi connectivity index (χ2n) is 16.8. The highest BCUT2D eigenvalue weighted by Gasteiger charge is 2.34. The van der Waals surface area contributed by atoms with E-state index in [-0.39, 0.29) is 10.8 Å². The summed E-state index contributed by atoms with van der Waals surface area (Å²) in [6, 6.07) is 20.6. The summed E-state index contributed by atoms with van der Waals surface area (Å²) in [7, 11) is 0. The summed E-state index contributed by atoms with van der Waals surface area (Å²) >= 11 is 0. The Morgan fingerprint density at radius 3 is 2.30 bits per heavy atom. The number of aryl methyl sites for hydroxylation is 3. The number of aromatic amines is 1. The number of aromatic nitrogens is 3. The van der Waals surface area contributed by atoms with E-state index >= 15 is 0 Å². The molecule has 5 aromatic rings. The summed E-state index contributed by atoms with van der Waals surface area (Å²) in [5.41, 5.74) is 15.7. The molecule has 1 fully saturated rings. The molecule has 0 amide bonds. The van der Waals surface area contributed by atoms with Gasteiger partial charge in [-0.25, -0.2) is 0 Å². The molecule has 0 unspecified atom stereocenters. The van der Waals surface area contributed by atoms with Crippen LogP contribution in [-0.4, -0.2) is 50.9 Å². The van der Waals surface area contributed by atoms with Crippen LogP contribution in [0.15, 0.2) is 116 Å². The normalized spacial score (nSPS) is 15.3. The summed E-state index contributed by atoms with van der Waals surface area (Å²) in [4.78, 5) is 17.5. The summed E-state index contributed by atoms with van der Waals surface area (Å²) in [6.07, 6.45) is 18.7. The Hall–Kier alpha value is -4.74. The number of piperazine rings is 1. The Kier molecular flexibility index (Phi) is 10.6. The first kappa shape index (κ1) is 36.6. The van der Waals surface area contributed by atoms with Crippen molar-refractivity contribution in [3.05, 3.63) is 149 Å². The van der Waals surface area contributed by atoms with Crippen LogP contribution >= 0.6 is 0 Å². The maximum Gasteiger partial charge on any atom is 0.0491 e. The highest BCUT2D eigenvalue weighted by molar-refractivity contribution is 5.95. The van der Waals surface area contributed by atoms with Gasteiger partial charge in [0.05, 0.1) is 0 Å². The zero-order valence-electron chi connectivity index (χ0n) is 32.6. The van der Waals surface area contributed by atoms with Gasteiger partial charge in [-0.15, -0.1) is 0 Å². The second kappa shape index (κ2) is 15.3. The molecule has 1 saturated heterocycles. The van der Waals surface area contributed by atoms with E-state index in [9.17, 15) is 0 Å². The minimum absolute atomic E-state index is 0.0201. The highest BCUT2D eigenvalue weighted by atomic mass is 15.3. The van der Waals surface area contributed by atoms with Gasteiger partial charge in [0.2, 0.25) is 0 Å². The smallest absolute Gasteiger partial charge is 0.0491 e. The monoisotopic (exact) mass is 703 g/mol. The van der Waals surface area contributed by atoms with Crippen LogP contribution in [0.1, 0.15) is 87.3 Å². The molecule has 7 rings (SSSR count). The van der Waals surface area contributed by atoms with Crippen LogP contribution in [0, 0.1) is 10.8 Å². The van der Waals surface area contributed by atoms with Gasteiger partial charge in [0.15, 0.2) is 0 Å². The van der Waals surface area contributed by atoms with Crippen LogP contribution in [0.3, 0.4) is 0 Å². The van der Waals surface area contributed by atoms with Crippen LogP contribution in [0.5, 0.6) is 0 Å². The highest BCUT2D eigenvalue weighted by Crippen LogP contribution is 2.43. The van der Waals surface area contributed by atoms with Gasteiger partial charge in [0.1, 0.15) is 0 Å². The van der Waals surface area contributed by atoms with E-state index in [0.717, 1.165) is 76.8 Å². The average Bonchev–Trinajstić information content (AvgIpc) is 3.59. The van der Waals surface area contributed by atoms with Crippen molar-refractivity contribution >= 4 is 16.5 Å². The number of fused-ring (bicyclic) bond motifs is 2. The Balaban J connectivity index is 1.03. The summed E-state index contributed by atoms with van der Waals surface area (Å²) < 4.78 is 0. The van der Waals surface area contributed by atoms with Gasteiger partial charge in [-0.3, -0.25) is 14.9 Å². The molecule has 274 valence electrons. The van der Waals surface area contributed by atoms with Crippen molar-refractivity contribution in [2.75, 3.05) is 26.2 Å². The number of H-pyrrole nitrogens is 1. The quantitative estimate of drug-likeness (QED) is 0.124. The average molecular weight is 704 g/mol. The minimum Gasteiger partial charge on any atom is -0.372 e. The lowest BCUT2D eigenvalue weighted by Crippen LogP contribution is -2.47. The summed E-state index contributed by atoms with van der Waals surface area (Å²) in [5.74, 6) is 0. The second-order valence-corrected chi connectivity index (χ2v) is 16.8. The van der Waals surface area contributed by atoms with Gasteiger partial charge in [-0.1, -0.05) is 95.0 Å². The topological polar surface area (TPSA) is 48.0 Å².